The maximum atomic E-state index is 10.8. The smallest absolute Gasteiger partial charge is 0.170 e. The molecule has 0 aliphatic rings. The van der Waals surface area contributed by atoms with Crippen molar-refractivity contribution in [2.45, 2.75) is 0 Å². The summed E-state index contributed by atoms with van der Waals surface area (Å²) in [6.07, 6.45) is 1.68. The van der Waals surface area contributed by atoms with Crippen LogP contribution in [-0.4, -0.2) is 27.9 Å². The Morgan fingerprint density at radius 2 is 2.07 bits per heavy atom. The Kier molecular flexibility index (Phi) is 5.28. The molecule has 1 aromatic carbocycles. The molecule has 0 radical (unpaired) electrons. The zero-order chi connectivity index (χ0) is 11.1. The molecular weight excluding hydrogens is 228 g/mol. The molecule has 0 aliphatic carbocycles. The molecule has 0 heterocycles. The largest absolute Gasteiger partial charge is 0.362 e. The predicted molar refractivity (Wildman–Crippen MR) is 69.6 cm³/mol. The number of hydrogen-bond donors (Lipinski definition) is 2. The molecule has 0 aromatic heterocycles. The average Bonchev–Trinajstić information content (AvgIpc) is 2.18. The van der Waals surface area contributed by atoms with Gasteiger partial charge in [-0.3, -0.25) is 4.21 Å². The quantitative estimate of drug-likeness (QED) is 0.782. The molecular formula is C10H14N2OS2. The van der Waals surface area contributed by atoms with Gasteiger partial charge in [0.15, 0.2) is 5.11 Å². The van der Waals surface area contributed by atoms with Gasteiger partial charge in [0.05, 0.1) is 0 Å². The fourth-order valence-corrected chi connectivity index (χ4v) is 1.61. The number of nitrogens with one attached hydrogen (secondary N) is 2. The van der Waals surface area contributed by atoms with Crippen LogP contribution >= 0.6 is 12.2 Å². The van der Waals surface area contributed by atoms with Gasteiger partial charge in [-0.2, -0.15) is 0 Å². The molecule has 0 aliphatic heterocycles. The molecule has 15 heavy (non-hydrogen) atoms. The first-order valence-electron chi connectivity index (χ1n) is 4.58. The van der Waals surface area contributed by atoms with Gasteiger partial charge in [-0.25, -0.2) is 0 Å². The lowest BCUT2D eigenvalue weighted by Crippen LogP contribution is -2.31. The van der Waals surface area contributed by atoms with Crippen LogP contribution in [0, 0.1) is 0 Å². The van der Waals surface area contributed by atoms with Crippen LogP contribution in [-0.2, 0) is 10.8 Å². The minimum atomic E-state index is -0.778. The maximum Gasteiger partial charge on any atom is 0.170 e. The Balaban J connectivity index is 2.28. The minimum absolute atomic E-state index is 0.562. The molecule has 0 saturated carbocycles. The lowest BCUT2D eigenvalue weighted by Gasteiger charge is -2.09. The van der Waals surface area contributed by atoms with E-state index >= 15 is 0 Å². The van der Waals surface area contributed by atoms with E-state index in [1.54, 1.807) is 6.26 Å². The Morgan fingerprint density at radius 3 is 2.67 bits per heavy atom. The van der Waals surface area contributed by atoms with Gasteiger partial charge in [-0.1, -0.05) is 18.2 Å². The maximum absolute atomic E-state index is 10.8. The summed E-state index contributed by atoms with van der Waals surface area (Å²) in [5, 5.41) is 6.59. The van der Waals surface area contributed by atoms with E-state index in [1.165, 1.54) is 0 Å². The molecule has 1 rings (SSSR count). The molecule has 2 N–H and O–H groups in total. The third kappa shape index (κ3) is 5.49. The van der Waals surface area contributed by atoms with Crippen molar-refractivity contribution in [1.82, 2.24) is 5.32 Å². The number of hydrogen-bond acceptors (Lipinski definition) is 2. The number of thiocarbonyl (C=S) groups is 1. The van der Waals surface area contributed by atoms with Gasteiger partial charge >= 0.3 is 0 Å². The van der Waals surface area contributed by atoms with E-state index in [4.69, 9.17) is 12.2 Å². The Labute approximate surface area is 97.7 Å². The summed E-state index contributed by atoms with van der Waals surface area (Å²) >= 11 is 5.07. The number of benzene rings is 1. The van der Waals surface area contributed by atoms with E-state index in [0.717, 1.165) is 5.69 Å². The van der Waals surface area contributed by atoms with Crippen molar-refractivity contribution in [1.29, 1.82) is 0 Å². The van der Waals surface area contributed by atoms with Gasteiger partial charge in [-0.15, -0.1) is 0 Å². The molecule has 1 unspecified atom stereocenters. The van der Waals surface area contributed by atoms with Crippen LogP contribution < -0.4 is 10.6 Å². The molecule has 0 fully saturated rings. The zero-order valence-electron chi connectivity index (χ0n) is 8.53. The van der Waals surface area contributed by atoms with Crippen molar-refractivity contribution < 1.29 is 4.21 Å². The number of para-hydroxylation sites is 1. The van der Waals surface area contributed by atoms with Crippen LogP contribution in [0.25, 0.3) is 0 Å². The van der Waals surface area contributed by atoms with E-state index in [-0.39, 0.29) is 0 Å². The molecule has 1 aromatic rings. The van der Waals surface area contributed by atoms with Gasteiger partial charge in [0.25, 0.3) is 0 Å². The lowest BCUT2D eigenvalue weighted by atomic mass is 10.3. The second-order valence-corrected chi connectivity index (χ2v) is 4.99. The standard InChI is InChI=1S/C10H14N2OS2/c1-15(13)8-7-11-10(14)12-9-5-3-2-4-6-9/h2-6H,7-8H2,1H3,(H2,11,12,14). The topological polar surface area (TPSA) is 41.1 Å². The highest BCUT2D eigenvalue weighted by Crippen LogP contribution is 2.03. The average molecular weight is 242 g/mol. The van der Waals surface area contributed by atoms with Gasteiger partial charge < -0.3 is 10.6 Å². The molecule has 0 saturated heterocycles. The first-order valence-corrected chi connectivity index (χ1v) is 6.72. The van der Waals surface area contributed by atoms with Crippen LogP contribution in [0.15, 0.2) is 30.3 Å². The van der Waals surface area contributed by atoms with Crippen molar-refractivity contribution in [3.8, 4) is 0 Å². The Bertz CT molecular complexity index is 341. The van der Waals surface area contributed by atoms with Crippen LogP contribution in [0.5, 0.6) is 0 Å². The van der Waals surface area contributed by atoms with Gasteiger partial charge in [-0.05, 0) is 24.4 Å². The molecule has 0 bridgehead atoms. The van der Waals surface area contributed by atoms with Crippen molar-refractivity contribution in [2.24, 2.45) is 0 Å². The second kappa shape index (κ2) is 6.53. The first kappa shape index (κ1) is 12.1. The molecule has 0 amide bonds. The fourth-order valence-electron chi connectivity index (χ4n) is 1.01. The van der Waals surface area contributed by atoms with E-state index in [1.807, 2.05) is 30.3 Å². The van der Waals surface area contributed by atoms with Crippen LogP contribution in [0.3, 0.4) is 0 Å². The number of rotatable bonds is 4. The van der Waals surface area contributed by atoms with E-state index < -0.39 is 10.8 Å². The second-order valence-electron chi connectivity index (χ2n) is 3.02. The van der Waals surface area contributed by atoms with Gasteiger partial charge in [0, 0.05) is 35.0 Å². The van der Waals surface area contributed by atoms with Crippen molar-refractivity contribution in [2.75, 3.05) is 23.9 Å². The van der Waals surface area contributed by atoms with Crippen LogP contribution in [0.4, 0.5) is 5.69 Å². The summed E-state index contributed by atoms with van der Waals surface area (Å²) in [4.78, 5) is 0. The third-order valence-corrected chi connectivity index (χ3v) is 2.73. The van der Waals surface area contributed by atoms with Gasteiger partial charge in [0.2, 0.25) is 0 Å². The minimum Gasteiger partial charge on any atom is -0.362 e. The highest BCUT2D eigenvalue weighted by Gasteiger charge is 1.96. The first-order chi connectivity index (χ1) is 7.18. The summed E-state index contributed by atoms with van der Waals surface area (Å²) in [6.45, 7) is 0.627. The zero-order valence-corrected chi connectivity index (χ0v) is 10.2. The van der Waals surface area contributed by atoms with Crippen molar-refractivity contribution >= 4 is 33.8 Å². The summed E-state index contributed by atoms with van der Waals surface area (Å²) < 4.78 is 10.8. The molecule has 82 valence electrons. The highest BCUT2D eigenvalue weighted by atomic mass is 32.2. The van der Waals surface area contributed by atoms with Crippen molar-refractivity contribution in [3.63, 3.8) is 0 Å². The highest BCUT2D eigenvalue weighted by molar-refractivity contribution is 7.84. The lowest BCUT2D eigenvalue weighted by molar-refractivity contribution is 0.685. The van der Waals surface area contributed by atoms with E-state index in [9.17, 15) is 4.21 Å². The fraction of sp³-hybridized carbons (Fsp3) is 0.300. The molecule has 3 nitrogen and oxygen atoms in total. The monoisotopic (exact) mass is 242 g/mol. The summed E-state index contributed by atoms with van der Waals surface area (Å²) in [5.74, 6) is 0.608. The summed E-state index contributed by atoms with van der Waals surface area (Å²) in [7, 11) is -0.778. The van der Waals surface area contributed by atoms with E-state index in [2.05, 4.69) is 10.6 Å². The Hall–Kier alpha value is -0.940. The van der Waals surface area contributed by atoms with Crippen LogP contribution in [0.2, 0.25) is 0 Å². The van der Waals surface area contributed by atoms with Gasteiger partial charge in [0.1, 0.15) is 0 Å². The SMILES string of the molecule is CS(=O)CCNC(=S)Nc1ccccc1. The normalized spacial score (nSPS) is 11.8. The summed E-state index contributed by atoms with van der Waals surface area (Å²) in [6, 6.07) is 9.69. The predicted octanol–water partition coefficient (Wildman–Crippen LogP) is 1.35. The summed E-state index contributed by atoms with van der Waals surface area (Å²) in [5.41, 5.74) is 0.952. The number of anilines is 1. The van der Waals surface area contributed by atoms with E-state index in [0.29, 0.717) is 17.4 Å². The molecule has 1 atom stereocenters. The molecule has 5 heteroatoms. The third-order valence-electron chi connectivity index (χ3n) is 1.71. The Morgan fingerprint density at radius 1 is 1.40 bits per heavy atom. The molecule has 0 spiro atoms. The van der Waals surface area contributed by atoms with Crippen molar-refractivity contribution in [3.05, 3.63) is 30.3 Å². The van der Waals surface area contributed by atoms with Crippen LogP contribution in [0.1, 0.15) is 0 Å².